The number of esters is 6. The molecule has 2 atom stereocenters. The predicted octanol–water partition coefficient (Wildman–Crippen LogP) is 11.5. The van der Waals surface area contributed by atoms with Gasteiger partial charge in [-0.25, -0.2) is 18.0 Å². The number of nitriles is 2. The fraction of sp³-hybridized carbons (Fsp3) is 0.312. The SMILES string of the molecule is CC(=O)OCC(=O)Oc1c(C)cc([S+](c2ccccc2)c2ccccc2)cc1C.CC(=O)OCC(=O)Oc1c(C)cc([S+](c2ccccc2)c2ccccc2)cc1C.CCOC(=O)CCC(C)(C#N)N=NC(C)(C#N)CCC(=O)OCC(F)(F)S(=O)(=O)[O-]. The molecule has 0 bridgehead atoms. The highest BCUT2D eigenvalue weighted by atomic mass is 32.2. The molecule has 0 aliphatic carbocycles. The first kappa shape index (κ1) is 71.7. The number of carbonyl (C=O) groups is 6. The summed E-state index contributed by atoms with van der Waals surface area (Å²) in [5, 5.41) is 21.3. The first-order valence-corrected chi connectivity index (χ1v) is 30.9. The summed E-state index contributed by atoms with van der Waals surface area (Å²) in [5.74, 6) is -3.03. The molecule has 0 fully saturated rings. The topological polar surface area (TPSA) is 287 Å². The van der Waals surface area contributed by atoms with E-state index in [-0.39, 0.29) is 47.7 Å². The number of azo groups is 1. The van der Waals surface area contributed by atoms with E-state index >= 15 is 0 Å². The van der Waals surface area contributed by atoms with E-state index in [4.69, 9.17) is 23.7 Å². The van der Waals surface area contributed by atoms with Gasteiger partial charge in [0.1, 0.15) is 11.5 Å². The molecular formula is C64H67F2N4O15S3+. The van der Waals surface area contributed by atoms with Crippen LogP contribution in [-0.4, -0.2) is 91.5 Å². The second-order valence-electron chi connectivity index (χ2n) is 19.7. The summed E-state index contributed by atoms with van der Waals surface area (Å²) in [5.41, 5.74) is 0.339. The molecular weight excluding hydrogens is 1200 g/mol. The van der Waals surface area contributed by atoms with Gasteiger partial charge < -0.3 is 33.0 Å². The van der Waals surface area contributed by atoms with Crippen molar-refractivity contribution in [3.63, 3.8) is 0 Å². The monoisotopic (exact) mass is 1270 g/mol. The second kappa shape index (κ2) is 33.9. The van der Waals surface area contributed by atoms with Gasteiger partial charge in [-0.2, -0.15) is 29.5 Å². The van der Waals surface area contributed by atoms with Crippen LogP contribution in [0.15, 0.2) is 185 Å². The molecule has 6 rings (SSSR count). The smallest absolute Gasteiger partial charge is 0.367 e. The Morgan fingerprint density at radius 3 is 1.07 bits per heavy atom. The van der Waals surface area contributed by atoms with Crippen molar-refractivity contribution in [3.8, 4) is 23.6 Å². The van der Waals surface area contributed by atoms with Crippen LogP contribution in [0.4, 0.5) is 8.78 Å². The molecule has 19 nitrogen and oxygen atoms in total. The number of hydrogen-bond donors (Lipinski definition) is 0. The largest absolute Gasteiger partial charge is 0.743 e. The summed E-state index contributed by atoms with van der Waals surface area (Å²) in [6, 6.07) is 53.3. The zero-order chi connectivity index (χ0) is 65.2. The highest BCUT2D eigenvalue weighted by molar-refractivity contribution is 7.97. The Bertz CT molecular complexity index is 3320. The molecule has 0 radical (unpaired) electrons. The van der Waals surface area contributed by atoms with Gasteiger partial charge in [0.2, 0.25) is 0 Å². The molecule has 0 spiro atoms. The maximum absolute atomic E-state index is 13.0. The number of alkyl halides is 2. The first-order chi connectivity index (χ1) is 41.5. The average molecular weight is 1270 g/mol. The number of halogens is 2. The summed E-state index contributed by atoms with van der Waals surface area (Å²) >= 11 is 0. The van der Waals surface area contributed by atoms with Crippen molar-refractivity contribution < 1.29 is 78.9 Å². The Hall–Kier alpha value is -8.81. The zero-order valence-electron chi connectivity index (χ0n) is 49.9. The molecule has 0 aromatic heterocycles. The molecule has 0 N–H and O–H groups in total. The Morgan fingerprint density at radius 2 is 0.807 bits per heavy atom. The van der Waals surface area contributed by atoms with Crippen LogP contribution < -0.4 is 9.47 Å². The van der Waals surface area contributed by atoms with Crippen LogP contribution in [-0.2, 0) is 79.6 Å². The number of aryl methyl sites for hydroxylation is 4. The Morgan fingerprint density at radius 1 is 0.511 bits per heavy atom. The van der Waals surface area contributed by atoms with Crippen molar-refractivity contribution in [1.82, 2.24) is 0 Å². The van der Waals surface area contributed by atoms with Gasteiger partial charge in [0.05, 0.1) is 40.5 Å². The van der Waals surface area contributed by atoms with Gasteiger partial charge in [-0.05, 0) is 132 Å². The molecule has 24 heteroatoms. The fourth-order valence-corrected chi connectivity index (χ4v) is 12.5. The lowest BCUT2D eigenvalue weighted by molar-refractivity contribution is -0.152. The average Bonchev–Trinajstić information content (AvgIpc) is 2.48. The molecule has 0 saturated carbocycles. The van der Waals surface area contributed by atoms with Crippen molar-refractivity contribution >= 4 is 67.7 Å². The third kappa shape index (κ3) is 22.8. The quantitative estimate of drug-likeness (QED) is 0.0136. The molecule has 0 aliphatic heterocycles. The summed E-state index contributed by atoms with van der Waals surface area (Å²) in [7, 11) is -6.55. The van der Waals surface area contributed by atoms with Gasteiger partial charge in [-0.1, -0.05) is 72.8 Å². The van der Waals surface area contributed by atoms with Crippen LogP contribution in [0.2, 0.25) is 0 Å². The molecule has 0 saturated heterocycles. The summed E-state index contributed by atoms with van der Waals surface area (Å²) < 4.78 is 86.2. The van der Waals surface area contributed by atoms with E-state index in [0.717, 1.165) is 32.0 Å². The van der Waals surface area contributed by atoms with Crippen LogP contribution in [0.3, 0.4) is 0 Å². The van der Waals surface area contributed by atoms with Crippen molar-refractivity contribution in [2.75, 3.05) is 26.4 Å². The van der Waals surface area contributed by atoms with E-state index in [1.165, 1.54) is 47.3 Å². The number of nitrogens with zero attached hydrogens (tertiary/aromatic N) is 4. The van der Waals surface area contributed by atoms with Gasteiger partial charge >= 0.3 is 41.1 Å². The fourth-order valence-electron chi connectivity index (χ4n) is 7.74. The minimum Gasteiger partial charge on any atom is -0.743 e. The standard InChI is InChI=1S/2C24H23O4S.C16H22F2N4O7S/c2*1-17-14-22(15-18(2)24(17)28-23(26)16-27-19(3)25)29(20-10-6-4-7-11-20)21-12-8-5-9-13-21;1-4-28-12(23)5-7-14(2,9-19)21-22-15(3,10-20)8-6-13(24)29-11-16(17,18)30(25,26)27/h2*4-15H,16H2,1-3H3;4-8,11H2,1-3H3,(H,25,26,27)/q2*+1;/p-1. The maximum atomic E-state index is 13.0. The molecule has 0 heterocycles. The van der Waals surface area contributed by atoms with Crippen molar-refractivity contribution in [3.05, 3.63) is 168 Å². The Kier molecular flexibility index (Phi) is 27.6. The van der Waals surface area contributed by atoms with Gasteiger partial charge in [0.15, 0.2) is 70.4 Å². The Labute approximate surface area is 516 Å². The zero-order valence-corrected chi connectivity index (χ0v) is 52.4. The molecule has 2 unspecified atom stereocenters. The van der Waals surface area contributed by atoms with Crippen molar-refractivity contribution in [1.29, 1.82) is 10.5 Å². The lowest BCUT2D eigenvalue weighted by atomic mass is 9.97. The van der Waals surface area contributed by atoms with Gasteiger partial charge in [-0.15, -0.1) is 0 Å². The highest BCUT2D eigenvalue weighted by Gasteiger charge is 2.40. The van der Waals surface area contributed by atoms with E-state index in [2.05, 4.69) is 87.8 Å². The Balaban J connectivity index is 0.000000282. The van der Waals surface area contributed by atoms with E-state index in [1.807, 2.05) is 107 Å². The second-order valence-corrected chi connectivity index (χ2v) is 25.2. The van der Waals surface area contributed by atoms with Gasteiger partial charge in [0.25, 0.3) is 0 Å². The minimum atomic E-state index is -6.00. The number of hydrogen-bond acceptors (Lipinski definition) is 19. The molecule has 0 amide bonds. The summed E-state index contributed by atoms with van der Waals surface area (Å²) in [4.78, 5) is 75.9. The summed E-state index contributed by atoms with van der Waals surface area (Å²) in [6.45, 7) is 11.8. The molecule has 6 aromatic rings. The highest BCUT2D eigenvalue weighted by Crippen LogP contribution is 2.37. The van der Waals surface area contributed by atoms with E-state index in [0.29, 0.717) is 11.5 Å². The maximum Gasteiger partial charge on any atom is 0.367 e. The molecule has 88 heavy (non-hydrogen) atoms. The van der Waals surface area contributed by atoms with Gasteiger partial charge in [-0.3, -0.25) is 19.2 Å². The number of ether oxygens (including phenoxy) is 6. The summed E-state index contributed by atoms with van der Waals surface area (Å²) in [6.07, 6.45) is -1.15. The predicted molar refractivity (Wildman–Crippen MR) is 320 cm³/mol. The van der Waals surface area contributed by atoms with Crippen LogP contribution in [0, 0.1) is 50.4 Å². The van der Waals surface area contributed by atoms with E-state index in [1.54, 1.807) is 13.0 Å². The number of carbonyl (C=O) groups excluding carboxylic acids is 6. The number of rotatable bonds is 24. The normalized spacial score (nSPS) is 12.5. The van der Waals surface area contributed by atoms with Crippen LogP contribution in [0.5, 0.6) is 11.5 Å². The minimum absolute atomic E-state index is 0.0475. The van der Waals surface area contributed by atoms with Crippen molar-refractivity contribution in [2.24, 2.45) is 10.2 Å². The van der Waals surface area contributed by atoms with Crippen LogP contribution in [0.1, 0.15) is 82.6 Å². The van der Waals surface area contributed by atoms with Crippen LogP contribution in [0.25, 0.3) is 0 Å². The third-order valence-corrected chi connectivity index (χ3v) is 17.4. The first-order valence-electron chi connectivity index (χ1n) is 27.0. The third-order valence-electron chi connectivity index (χ3n) is 12.2. The van der Waals surface area contributed by atoms with E-state index < -0.39 is 88.5 Å². The van der Waals surface area contributed by atoms with Crippen LogP contribution >= 0.6 is 0 Å². The molecule has 0 aliphatic rings. The number of benzene rings is 6. The molecule has 6 aromatic carbocycles. The molecule has 464 valence electrons. The van der Waals surface area contributed by atoms with E-state index in [9.17, 15) is 61.0 Å². The van der Waals surface area contributed by atoms with Crippen molar-refractivity contribution in [2.45, 2.75) is 134 Å². The lowest BCUT2D eigenvalue weighted by Crippen LogP contribution is -2.35. The van der Waals surface area contributed by atoms with Gasteiger partial charge in [0, 0.05) is 51.0 Å². The lowest BCUT2D eigenvalue weighted by Gasteiger charge is -2.20.